The molecule has 1 aliphatic heterocycles. The molecule has 18 heavy (non-hydrogen) atoms. The van der Waals surface area contributed by atoms with Gasteiger partial charge in [0.25, 0.3) is 10.0 Å². The Hall–Kier alpha value is -0.890. The van der Waals surface area contributed by atoms with E-state index < -0.39 is 10.0 Å². The first kappa shape index (κ1) is 13.5. The van der Waals surface area contributed by atoms with Crippen LogP contribution >= 0.6 is 0 Å². The lowest BCUT2D eigenvalue weighted by atomic mass is 10.1. The lowest BCUT2D eigenvalue weighted by molar-refractivity contribution is 0.184. The Bertz CT molecular complexity index is 477. The first-order valence-electron chi connectivity index (χ1n) is 5.98. The summed E-state index contributed by atoms with van der Waals surface area (Å²) in [6.07, 6.45) is 1.78. The standard InChI is InChI=1S/C11H18N2O4S/c12-7-10-1-2-11(17-10)18(14,15)13-5-3-9-4-6-16-8-9/h1-2,9,13H,3-8,12H2. The predicted molar refractivity (Wildman–Crippen MR) is 65.3 cm³/mol. The summed E-state index contributed by atoms with van der Waals surface area (Å²) in [5, 5.41) is -0.0781. The Kier molecular flexibility index (Phi) is 4.39. The number of rotatable bonds is 6. The molecule has 102 valence electrons. The summed E-state index contributed by atoms with van der Waals surface area (Å²) in [7, 11) is -3.55. The van der Waals surface area contributed by atoms with Gasteiger partial charge in [0.05, 0.1) is 6.54 Å². The van der Waals surface area contributed by atoms with E-state index in [-0.39, 0.29) is 11.6 Å². The van der Waals surface area contributed by atoms with E-state index in [4.69, 9.17) is 14.9 Å². The van der Waals surface area contributed by atoms with E-state index in [1.165, 1.54) is 6.07 Å². The summed E-state index contributed by atoms with van der Waals surface area (Å²) in [6.45, 7) is 2.08. The molecule has 0 amide bonds. The molecule has 1 atom stereocenters. The molecule has 1 unspecified atom stereocenters. The highest BCUT2D eigenvalue weighted by Gasteiger charge is 2.20. The van der Waals surface area contributed by atoms with Gasteiger partial charge in [-0.25, -0.2) is 13.1 Å². The van der Waals surface area contributed by atoms with Gasteiger partial charge in [-0.05, 0) is 30.9 Å². The predicted octanol–water partition coefficient (Wildman–Crippen LogP) is 0.443. The van der Waals surface area contributed by atoms with E-state index in [9.17, 15) is 8.42 Å². The number of nitrogens with two attached hydrogens (primary N) is 1. The molecule has 0 aromatic carbocycles. The van der Waals surface area contributed by atoms with Crippen molar-refractivity contribution in [3.63, 3.8) is 0 Å². The first-order valence-corrected chi connectivity index (χ1v) is 7.46. The number of hydrogen-bond acceptors (Lipinski definition) is 5. The van der Waals surface area contributed by atoms with Gasteiger partial charge in [0.15, 0.2) is 0 Å². The van der Waals surface area contributed by atoms with Gasteiger partial charge in [-0.2, -0.15) is 0 Å². The molecule has 3 N–H and O–H groups in total. The van der Waals surface area contributed by atoms with Crippen molar-refractivity contribution in [3.05, 3.63) is 17.9 Å². The minimum atomic E-state index is -3.55. The van der Waals surface area contributed by atoms with Crippen LogP contribution in [0, 0.1) is 5.92 Å². The Balaban J connectivity index is 1.86. The van der Waals surface area contributed by atoms with Crippen LogP contribution in [0.3, 0.4) is 0 Å². The minimum Gasteiger partial charge on any atom is -0.447 e. The maximum atomic E-state index is 11.9. The van der Waals surface area contributed by atoms with Crippen LogP contribution in [0.2, 0.25) is 0 Å². The first-order chi connectivity index (χ1) is 8.62. The third-order valence-electron chi connectivity index (χ3n) is 2.97. The number of hydrogen-bond donors (Lipinski definition) is 2. The maximum Gasteiger partial charge on any atom is 0.273 e. The molecule has 1 aliphatic rings. The maximum absolute atomic E-state index is 11.9. The molecule has 0 saturated carbocycles. The summed E-state index contributed by atoms with van der Waals surface area (Å²) in [5.74, 6) is 0.906. The molecule has 2 heterocycles. The second kappa shape index (κ2) is 5.83. The Morgan fingerprint density at radius 3 is 2.89 bits per heavy atom. The quantitative estimate of drug-likeness (QED) is 0.785. The van der Waals surface area contributed by atoms with Gasteiger partial charge in [-0.3, -0.25) is 0 Å². The van der Waals surface area contributed by atoms with E-state index in [0.29, 0.717) is 18.2 Å². The number of furan rings is 1. The highest BCUT2D eigenvalue weighted by Crippen LogP contribution is 2.17. The van der Waals surface area contributed by atoms with Gasteiger partial charge in [0.1, 0.15) is 5.76 Å². The van der Waals surface area contributed by atoms with E-state index in [2.05, 4.69) is 4.72 Å². The van der Waals surface area contributed by atoms with Crippen molar-refractivity contribution in [1.82, 2.24) is 4.72 Å². The molecule has 1 saturated heterocycles. The van der Waals surface area contributed by atoms with Gasteiger partial charge in [-0.1, -0.05) is 0 Å². The molecule has 0 spiro atoms. The van der Waals surface area contributed by atoms with Gasteiger partial charge >= 0.3 is 0 Å². The molecular formula is C11H18N2O4S. The summed E-state index contributed by atoms with van der Waals surface area (Å²) in [5.41, 5.74) is 5.37. The fourth-order valence-electron chi connectivity index (χ4n) is 1.89. The van der Waals surface area contributed by atoms with Crippen LogP contribution in [-0.4, -0.2) is 28.2 Å². The van der Waals surface area contributed by atoms with Crippen molar-refractivity contribution in [2.24, 2.45) is 11.7 Å². The zero-order chi connectivity index (χ0) is 13.0. The highest BCUT2D eigenvalue weighted by molar-refractivity contribution is 7.89. The smallest absolute Gasteiger partial charge is 0.273 e. The van der Waals surface area contributed by atoms with Crippen LogP contribution < -0.4 is 10.5 Å². The second-order valence-electron chi connectivity index (χ2n) is 4.34. The Morgan fingerprint density at radius 1 is 1.44 bits per heavy atom. The van der Waals surface area contributed by atoms with Crippen molar-refractivity contribution in [3.8, 4) is 0 Å². The summed E-state index contributed by atoms with van der Waals surface area (Å²) >= 11 is 0. The van der Waals surface area contributed by atoms with E-state index in [1.54, 1.807) is 6.07 Å². The van der Waals surface area contributed by atoms with Crippen molar-refractivity contribution in [2.45, 2.75) is 24.5 Å². The van der Waals surface area contributed by atoms with Gasteiger partial charge < -0.3 is 14.9 Å². The molecule has 1 aromatic heterocycles. The number of sulfonamides is 1. The lowest BCUT2D eigenvalue weighted by Gasteiger charge is -2.08. The van der Waals surface area contributed by atoms with E-state index >= 15 is 0 Å². The molecule has 7 heteroatoms. The zero-order valence-corrected chi connectivity index (χ0v) is 10.9. The van der Waals surface area contributed by atoms with Gasteiger partial charge in [0, 0.05) is 19.8 Å². The van der Waals surface area contributed by atoms with Crippen LogP contribution in [0.15, 0.2) is 21.6 Å². The van der Waals surface area contributed by atoms with E-state index in [0.717, 1.165) is 26.1 Å². The third kappa shape index (κ3) is 3.32. The molecule has 0 radical (unpaired) electrons. The fourth-order valence-corrected chi connectivity index (χ4v) is 2.88. The topological polar surface area (TPSA) is 94.6 Å². The van der Waals surface area contributed by atoms with Crippen molar-refractivity contribution < 1.29 is 17.6 Å². The third-order valence-corrected chi connectivity index (χ3v) is 4.30. The van der Waals surface area contributed by atoms with Crippen LogP contribution in [0.1, 0.15) is 18.6 Å². The molecule has 0 aliphatic carbocycles. The van der Waals surface area contributed by atoms with Crippen LogP contribution in [0.5, 0.6) is 0 Å². The largest absolute Gasteiger partial charge is 0.447 e. The molecule has 1 aromatic rings. The zero-order valence-electron chi connectivity index (χ0n) is 10.1. The van der Waals surface area contributed by atoms with E-state index in [1.807, 2.05) is 0 Å². The van der Waals surface area contributed by atoms with Crippen molar-refractivity contribution in [2.75, 3.05) is 19.8 Å². The Morgan fingerprint density at radius 2 is 2.28 bits per heavy atom. The van der Waals surface area contributed by atoms with Crippen molar-refractivity contribution in [1.29, 1.82) is 0 Å². The van der Waals surface area contributed by atoms with Crippen LogP contribution in [-0.2, 0) is 21.3 Å². The lowest BCUT2D eigenvalue weighted by Crippen LogP contribution is -2.26. The van der Waals surface area contributed by atoms with Gasteiger partial charge in [-0.15, -0.1) is 0 Å². The molecule has 1 fully saturated rings. The highest BCUT2D eigenvalue weighted by atomic mass is 32.2. The SMILES string of the molecule is NCc1ccc(S(=O)(=O)NCCC2CCOC2)o1. The number of ether oxygens (including phenoxy) is 1. The monoisotopic (exact) mass is 274 g/mol. The van der Waals surface area contributed by atoms with Gasteiger partial charge in [0.2, 0.25) is 5.09 Å². The minimum absolute atomic E-state index is 0.0781. The van der Waals surface area contributed by atoms with Crippen LogP contribution in [0.25, 0.3) is 0 Å². The summed E-state index contributed by atoms with van der Waals surface area (Å²) in [6, 6.07) is 2.99. The average molecular weight is 274 g/mol. The van der Waals surface area contributed by atoms with Crippen molar-refractivity contribution >= 4 is 10.0 Å². The number of nitrogens with one attached hydrogen (secondary N) is 1. The normalized spacial score (nSPS) is 20.4. The summed E-state index contributed by atoms with van der Waals surface area (Å²) in [4.78, 5) is 0. The second-order valence-corrected chi connectivity index (χ2v) is 6.04. The fraction of sp³-hybridized carbons (Fsp3) is 0.636. The molecule has 2 rings (SSSR count). The van der Waals surface area contributed by atoms with Crippen LogP contribution in [0.4, 0.5) is 0 Å². The molecule has 6 nitrogen and oxygen atoms in total. The average Bonchev–Trinajstić information content (AvgIpc) is 2.99. The molecular weight excluding hydrogens is 256 g/mol. The molecule has 0 bridgehead atoms. The Labute approximate surface area is 107 Å². The summed E-state index contributed by atoms with van der Waals surface area (Å²) < 4.78 is 36.6.